The van der Waals surface area contributed by atoms with Crippen molar-refractivity contribution in [2.75, 3.05) is 13.7 Å². The first-order valence-corrected chi connectivity index (χ1v) is 7.35. The van der Waals surface area contributed by atoms with Gasteiger partial charge in [0.15, 0.2) is 0 Å². The molecule has 2 rings (SSSR count). The van der Waals surface area contributed by atoms with E-state index in [1.807, 2.05) is 42.5 Å². The zero-order valence-corrected chi connectivity index (χ0v) is 13.1. The molecule has 0 saturated heterocycles. The summed E-state index contributed by atoms with van der Waals surface area (Å²) >= 11 is 6.16. The van der Waals surface area contributed by atoms with Crippen LogP contribution in [0, 0.1) is 0 Å². The Bertz CT molecular complexity index is 601. The first kappa shape index (κ1) is 15.7. The molecule has 0 radical (unpaired) electrons. The molecule has 0 saturated carbocycles. The predicted octanol–water partition coefficient (Wildman–Crippen LogP) is 4.19. The van der Waals surface area contributed by atoms with E-state index in [1.165, 1.54) is 0 Å². The third kappa shape index (κ3) is 3.90. The Balaban J connectivity index is 2.22. The maximum atomic E-state index is 6.32. The molecule has 2 aromatic carbocycles. The van der Waals surface area contributed by atoms with Crippen molar-refractivity contribution in [2.24, 2.45) is 5.73 Å². The molecule has 4 heteroatoms. The molecule has 1 atom stereocenters. The summed E-state index contributed by atoms with van der Waals surface area (Å²) in [4.78, 5) is 0. The lowest BCUT2D eigenvalue weighted by Gasteiger charge is -2.15. The van der Waals surface area contributed by atoms with E-state index in [2.05, 4.69) is 6.92 Å². The molecule has 0 spiro atoms. The van der Waals surface area contributed by atoms with Crippen molar-refractivity contribution in [3.05, 3.63) is 58.6 Å². The molecule has 2 aromatic rings. The number of ether oxygens (including phenoxy) is 2. The fraction of sp³-hybridized carbons (Fsp3) is 0.294. The number of hydrogen-bond acceptors (Lipinski definition) is 3. The highest BCUT2D eigenvalue weighted by molar-refractivity contribution is 6.32. The summed E-state index contributed by atoms with van der Waals surface area (Å²) in [7, 11) is 1.59. The summed E-state index contributed by atoms with van der Waals surface area (Å²) in [5.74, 6) is 1.48. The second-order valence-electron chi connectivity index (χ2n) is 4.79. The van der Waals surface area contributed by atoms with Gasteiger partial charge in [-0.2, -0.15) is 0 Å². The second kappa shape index (κ2) is 7.34. The lowest BCUT2D eigenvalue weighted by molar-refractivity contribution is 0.317. The maximum absolute atomic E-state index is 6.32. The van der Waals surface area contributed by atoms with E-state index >= 15 is 0 Å². The van der Waals surface area contributed by atoms with Crippen LogP contribution in [0.15, 0.2) is 42.5 Å². The van der Waals surface area contributed by atoms with E-state index in [1.54, 1.807) is 7.11 Å². The lowest BCUT2D eigenvalue weighted by atomic mass is 9.99. The molecule has 0 aromatic heterocycles. The normalized spacial score (nSPS) is 12.0. The van der Waals surface area contributed by atoms with Gasteiger partial charge in [0.25, 0.3) is 0 Å². The molecule has 3 nitrogen and oxygen atoms in total. The minimum atomic E-state index is -0.251. The number of methoxy groups -OCH3 is 1. The van der Waals surface area contributed by atoms with E-state index in [0.29, 0.717) is 17.4 Å². The van der Waals surface area contributed by atoms with Gasteiger partial charge in [-0.15, -0.1) is 0 Å². The largest absolute Gasteiger partial charge is 0.495 e. The summed E-state index contributed by atoms with van der Waals surface area (Å²) in [6.45, 7) is 2.78. The van der Waals surface area contributed by atoms with Gasteiger partial charge < -0.3 is 15.2 Å². The van der Waals surface area contributed by atoms with Crippen molar-refractivity contribution in [2.45, 2.75) is 19.4 Å². The van der Waals surface area contributed by atoms with Crippen LogP contribution in [-0.2, 0) is 0 Å². The zero-order valence-electron chi connectivity index (χ0n) is 12.3. The molecule has 2 N–H and O–H groups in total. The summed E-state index contributed by atoms with van der Waals surface area (Å²) < 4.78 is 10.8. The monoisotopic (exact) mass is 305 g/mol. The SMILES string of the molecule is CCCOc1cccc(C(N)c2ccc(OC)c(Cl)c2)c1. The first-order valence-electron chi connectivity index (χ1n) is 6.97. The Morgan fingerprint density at radius 2 is 1.90 bits per heavy atom. The highest BCUT2D eigenvalue weighted by Crippen LogP contribution is 2.30. The van der Waals surface area contributed by atoms with E-state index in [0.717, 1.165) is 23.3 Å². The Morgan fingerprint density at radius 1 is 1.14 bits per heavy atom. The van der Waals surface area contributed by atoms with Crippen molar-refractivity contribution in [3.8, 4) is 11.5 Å². The van der Waals surface area contributed by atoms with Crippen molar-refractivity contribution >= 4 is 11.6 Å². The van der Waals surface area contributed by atoms with Crippen LogP contribution in [0.4, 0.5) is 0 Å². The van der Waals surface area contributed by atoms with E-state index < -0.39 is 0 Å². The van der Waals surface area contributed by atoms with Crippen LogP contribution in [0.1, 0.15) is 30.5 Å². The first-order chi connectivity index (χ1) is 10.2. The fourth-order valence-electron chi connectivity index (χ4n) is 2.09. The van der Waals surface area contributed by atoms with Crippen molar-refractivity contribution in [1.82, 2.24) is 0 Å². The van der Waals surface area contributed by atoms with E-state index in [4.69, 9.17) is 26.8 Å². The predicted molar refractivity (Wildman–Crippen MR) is 86.3 cm³/mol. The van der Waals surface area contributed by atoms with E-state index in [9.17, 15) is 0 Å². The van der Waals surface area contributed by atoms with Crippen LogP contribution in [0.2, 0.25) is 5.02 Å². The number of hydrogen-bond donors (Lipinski definition) is 1. The van der Waals surface area contributed by atoms with Gasteiger partial charge >= 0.3 is 0 Å². The average molecular weight is 306 g/mol. The van der Waals surface area contributed by atoms with Gasteiger partial charge in [-0.05, 0) is 41.8 Å². The van der Waals surface area contributed by atoms with Crippen molar-refractivity contribution in [3.63, 3.8) is 0 Å². The van der Waals surface area contributed by atoms with Crippen LogP contribution in [0.25, 0.3) is 0 Å². The smallest absolute Gasteiger partial charge is 0.137 e. The molecule has 0 fully saturated rings. The molecule has 112 valence electrons. The number of benzene rings is 2. The fourth-order valence-corrected chi connectivity index (χ4v) is 2.35. The molecule has 0 aliphatic carbocycles. The highest BCUT2D eigenvalue weighted by Gasteiger charge is 2.12. The number of rotatable bonds is 6. The summed E-state index contributed by atoms with van der Waals surface area (Å²) in [6, 6.07) is 13.2. The summed E-state index contributed by atoms with van der Waals surface area (Å²) in [5.41, 5.74) is 8.25. The van der Waals surface area contributed by atoms with Gasteiger partial charge in [-0.25, -0.2) is 0 Å². The number of halogens is 1. The third-order valence-corrected chi connectivity index (χ3v) is 3.52. The Hall–Kier alpha value is -1.71. The highest BCUT2D eigenvalue weighted by atomic mass is 35.5. The van der Waals surface area contributed by atoms with Gasteiger partial charge in [0.2, 0.25) is 0 Å². The quantitative estimate of drug-likeness (QED) is 0.870. The molecule has 0 amide bonds. The standard InChI is InChI=1S/C17H20ClNO2/c1-3-9-21-14-6-4-5-12(10-14)17(19)13-7-8-16(20-2)15(18)11-13/h4-8,10-11,17H,3,9,19H2,1-2H3. The van der Waals surface area contributed by atoms with Crippen molar-refractivity contribution in [1.29, 1.82) is 0 Å². The maximum Gasteiger partial charge on any atom is 0.137 e. The number of nitrogens with two attached hydrogens (primary N) is 1. The second-order valence-corrected chi connectivity index (χ2v) is 5.20. The zero-order chi connectivity index (χ0) is 15.2. The van der Waals surface area contributed by atoms with Gasteiger partial charge in [0.05, 0.1) is 24.8 Å². The van der Waals surface area contributed by atoms with Gasteiger partial charge in [0, 0.05) is 0 Å². The van der Waals surface area contributed by atoms with Crippen LogP contribution < -0.4 is 15.2 Å². The van der Waals surface area contributed by atoms with Gasteiger partial charge in [-0.3, -0.25) is 0 Å². The molecule has 0 heterocycles. The minimum absolute atomic E-state index is 0.251. The Morgan fingerprint density at radius 3 is 2.57 bits per heavy atom. The molecule has 21 heavy (non-hydrogen) atoms. The molecular formula is C17H20ClNO2. The lowest BCUT2D eigenvalue weighted by Crippen LogP contribution is -2.12. The molecular weight excluding hydrogens is 286 g/mol. The van der Waals surface area contributed by atoms with Crippen LogP contribution in [-0.4, -0.2) is 13.7 Å². The minimum Gasteiger partial charge on any atom is -0.495 e. The summed E-state index contributed by atoms with van der Waals surface area (Å²) in [6.07, 6.45) is 0.977. The molecule has 0 aliphatic heterocycles. The van der Waals surface area contributed by atoms with E-state index in [-0.39, 0.29) is 6.04 Å². The topological polar surface area (TPSA) is 44.5 Å². The van der Waals surface area contributed by atoms with Crippen LogP contribution in [0.3, 0.4) is 0 Å². The van der Waals surface area contributed by atoms with Gasteiger partial charge in [-0.1, -0.05) is 36.7 Å². The van der Waals surface area contributed by atoms with Crippen molar-refractivity contribution < 1.29 is 9.47 Å². The molecule has 0 bridgehead atoms. The Labute approximate surface area is 130 Å². The third-order valence-electron chi connectivity index (χ3n) is 3.23. The Kier molecular flexibility index (Phi) is 5.48. The molecule has 0 aliphatic rings. The molecule has 1 unspecified atom stereocenters. The average Bonchev–Trinajstić information content (AvgIpc) is 2.52. The van der Waals surface area contributed by atoms with Crippen LogP contribution >= 0.6 is 11.6 Å². The summed E-state index contributed by atoms with van der Waals surface area (Å²) in [5, 5.41) is 0.559. The van der Waals surface area contributed by atoms with Gasteiger partial charge in [0.1, 0.15) is 11.5 Å². The van der Waals surface area contributed by atoms with Crippen LogP contribution in [0.5, 0.6) is 11.5 Å².